The standard InChI is InChI=1S/C13H7F2N3O/c14-10-2-1-3-11(9(10)6-16)18-13(19)8-4-5-12(15)17-7-8/h1-5,7H,(H,18,19). The van der Waals surface area contributed by atoms with Crippen molar-refractivity contribution in [2.45, 2.75) is 0 Å². The maximum atomic E-state index is 13.3. The van der Waals surface area contributed by atoms with E-state index >= 15 is 0 Å². The summed E-state index contributed by atoms with van der Waals surface area (Å²) in [4.78, 5) is 15.1. The van der Waals surface area contributed by atoms with Crippen LogP contribution in [0.4, 0.5) is 14.5 Å². The second kappa shape index (κ2) is 5.23. The number of carbonyl (C=O) groups is 1. The summed E-state index contributed by atoms with van der Waals surface area (Å²) in [5.41, 5.74) is -0.0997. The molecule has 1 heterocycles. The summed E-state index contributed by atoms with van der Waals surface area (Å²) in [6.45, 7) is 0. The number of nitriles is 1. The molecule has 4 nitrogen and oxygen atoms in total. The Balaban J connectivity index is 2.27. The minimum Gasteiger partial charge on any atom is -0.321 e. The van der Waals surface area contributed by atoms with Gasteiger partial charge in [0.2, 0.25) is 5.95 Å². The van der Waals surface area contributed by atoms with E-state index in [1.54, 1.807) is 6.07 Å². The minimum atomic E-state index is -0.725. The number of nitrogens with zero attached hydrogens (tertiary/aromatic N) is 2. The number of amides is 1. The average molecular weight is 259 g/mol. The highest BCUT2D eigenvalue weighted by atomic mass is 19.1. The first kappa shape index (κ1) is 12.6. The molecule has 6 heteroatoms. The topological polar surface area (TPSA) is 65.8 Å². The molecule has 0 aliphatic heterocycles. The number of aromatic nitrogens is 1. The van der Waals surface area contributed by atoms with Gasteiger partial charge in [-0.05, 0) is 24.3 Å². The van der Waals surface area contributed by atoms with Crippen molar-refractivity contribution < 1.29 is 13.6 Å². The molecule has 0 unspecified atom stereocenters. The number of benzene rings is 1. The number of rotatable bonds is 2. The third-order valence-electron chi connectivity index (χ3n) is 2.36. The van der Waals surface area contributed by atoms with Crippen LogP contribution in [0.5, 0.6) is 0 Å². The first-order chi connectivity index (χ1) is 9.11. The lowest BCUT2D eigenvalue weighted by molar-refractivity contribution is 0.102. The van der Waals surface area contributed by atoms with Gasteiger partial charge in [0.25, 0.3) is 5.91 Å². The molecule has 19 heavy (non-hydrogen) atoms. The molecule has 94 valence electrons. The van der Waals surface area contributed by atoms with E-state index in [-0.39, 0.29) is 16.8 Å². The van der Waals surface area contributed by atoms with Crippen molar-refractivity contribution in [3.63, 3.8) is 0 Å². The first-order valence-corrected chi connectivity index (χ1v) is 5.23. The predicted molar refractivity (Wildman–Crippen MR) is 63.3 cm³/mol. The Morgan fingerprint density at radius 2 is 2.05 bits per heavy atom. The molecule has 0 bridgehead atoms. The molecule has 1 amide bonds. The quantitative estimate of drug-likeness (QED) is 0.842. The molecule has 0 fully saturated rings. The summed E-state index contributed by atoms with van der Waals surface area (Å²) < 4.78 is 25.9. The van der Waals surface area contributed by atoms with Crippen LogP contribution in [0.2, 0.25) is 0 Å². The van der Waals surface area contributed by atoms with Crippen molar-refractivity contribution in [2.75, 3.05) is 5.32 Å². The van der Waals surface area contributed by atoms with Crippen LogP contribution in [0.1, 0.15) is 15.9 Å². The summed E-state index contributed by atoms with van der Waals surface area (Å²) in [7, 11) is 0. The smallest absolute Gasteiger partial charge is 0.257 e. The van der Waals surface area contributed by atoms with Gasteiger partial charge in [-0.2, -0.15) is 9.65 Å². The molecular formula is C13H7F2N3O. The number of hydrogen-bond donors (Lipinski definition) is 1. The van der Waals surface area contributed by atoms with E-state index in [4.69, 9.17) is 5.26 Å². The Labute approximate surface area is 107 Å². The van der Waals surface area contributed by atoms with Crippen molar-refractivity contribution in [1.29, 1.82) is 5.26 Å². The van der Waals surface area contributed by atoms with Crippen LogP contribution in [-0.4, -0.2) is 10.9 Å². The van der Waals surface area contributed by atoms with Gasteiger partial charge >= 0.3 is 0 Å². The number of hydrogen-bond acceptors (Lipinski definition) is 3. The number of nitrogens with one attached hydrogen (secondary N) is 1. The highest BCUT2D eigenvalue weighted by Crippen LogP contribution is 2.18. The van der Waals surface area contributed by atoms with Crippen molar-refractivity contribution in [1.82, 2.24) is 4.98 Å². The number of anilines is 1. The van der Waals surface area contributed by atoms with Crippen LogP contribution in [0.3, 0.4) is 0 Å². The molecule has 1 aromatic carbocycles. The fourth-order valence-electron chi connectivity index (χ4n) is 1.45. The van der Waals surface area contributed by atoms with E-state index < -0.39 is 17.7 Å². The highest BCUT2D eigenvalue weighted by molar-refractivity contribution is 6.04. The Bertz CT molecular complexity index is 663. The fraction of sp³-hybridized carbons (Fsp3) is 0. The van der Waals surface area contributed by atoms with E-state index in [1.165, 1.54) is 18.2 Å². The summed E-state index contributed by atoms with van der Waals surface area (Å²) in [6.07, 6.45) is 1.05. The van der Waals surface area contributed by atoms with Crippen LogP contribution in [0.25, 0.3) is 0 Å². The van der Waals surface area contributed by atoms with Gasteiger partial charge in [-0.25, -0.2) is 9.37 Å². The van der Waals surface area contributed by atoms with Gasteiger partial charge in [0.05, 0.1) is 11.3 Å². The van der Waals surface area contributed by atoms with Crippen LogP contribution < -0.4 is 5.32 Å². The number of carbonyl (C=O) groups excluding carboxylic acids is 1. The maximum absolute atomic E-state index is 13.3. The van der Waals surface area contributed by atoms with Crippen molar-refractivity contribution in [3.05, 3.63) is 59.4 Å². The normalized spacial score (nSPS) is 9.74. The van der Waals surface area contributed by atoms with E-state index in [2.05, 4.69) is 10.3 Å². The van der Waals surface area contributed by atoms with Crippen molar-refractivity contribution in [3.8, 4) is 6.07 Å². The molecule has 0 spiro atoms. The molecule has 0 atom stereocenters. The van der Waals surface area contributed by atoms with Crippen LogP contribution in [-0.2, 0) is 0 Å². The second-order valence-corrected chi connectivity index (χ2v) is 3.60. The van der Waals surface area contributed by atoms with Crippen LogP contribution in [0.15, 0.2) is 36.5 Å². The lowest BCUT2D eigenvalue weighted by Crippen LogP contribution is -2.13. The predicted octanol–water partition coefficient (Wildman–Crippen LogP) is 2.48. The monoisotopic (exact) mass is 259 g/mol. The third-order valence-corrected chi connectivity index (χ3v) is 2.36. The molecular weight excluding hydrogens is 252 g/mol. The van der Waals surface area contributed by atoms with E-state index in [0.29, 0.717) is 0 Å². The minimum absolute atomic E-state index is 0.0526. The third kappa shape index (κ3) is 2.72. The molecule has 0 aliphatic carbocycles. The van der Waals surface area contributed by atoms with Gasteiger partial charge in [0.15, 0.2) is 0 Å². The molecule has 0 saturated heterocycles. The zero-order valence-corrected chi connectivity index (χ0v) is 9.52. The Morgan fingerprint density at radius 1 is 1.26 bits per heavy atom. The average Bonchev–Trinajstić information content (AvgIpc) is 2.39. The lowest BCUT2D eigenvalue weighted by Gasteiger charge is -2.07. The van der Waals surface area contributed by atoms with Gasteiger partial charge in [-0.1, -0.05) is 6.07 Å². The molecule has 2 rings (SSSR count). The van der Waals surface area contributed by atoms with Crippen molar-refractivity contribution in [2.24, 2.45) is 0 Å². The van der Waals surface area contributed by atoms with E-state index in [0.717, 1.165) is 18.3 Å². The van der Waals surface area contributed by atoms with Crippen LogP contribution in [0, 0.1) is 23.1 Å². The maximum Gasteiger partial charge on any atom is 0.257 e. The second-order valence-electron chi connectivity index (χ2n) is 3.60. The first-order valence-electron chi connectivity index (χ1n) is 5.23. The highest BCUT2D eigenvalue weighted by Gasteiger charge is 2.12. The number of halogens is 2. The molecule has 2 aromatic rings. The Morgan fingerprint density at radius 3 is 2.68 bits per heavy atom. The van der Waals surface area contributed by atoms with Gasteiger partial charge in [0.1, 0.15) is 17.4 Å². The summed E-state index contributed by atoms with van der Waals surface area (Å²) >= 11 is 0. The van der Waals surface area contributed by atoms with Gasteiger partial charge in [-0.3, -0.25) is 4.79 Å². The van der Waals surface area contributed by atoms with Gasteiger partial charge < -0.3 is 5.32 Å². The van der Waals surface area contributed by atoms with Gasteiger partial charge in [0, 0.05) is 6.20 Å². The molecule has 1 N–H and O–H groups in total. The zero-order chi connectivity index (χ0) is 13.8. The summed E-state index contributed by atoms with van der Waals surface area (Å²) in [6, 6.07) is 7.82. The van der Waals surface area contributed by atoms with Crippen LogP contribution >= 0.6 is 0 Å². The number of pyridine rings is 1. The molecule has 0 saturated carbocycles. The molecule has 0 radical (unpaired) electrons. The molecule has 0 aliphatic rings. The lowest BCUT2D eigenvalue weighted by atomic mass is 10.1. The Kier molecular flexibility index (Phi) is 3.48. The van der Waals surface area contributed by atoms with Crippen molar-refractivity contribution >= 4 is 11.6 Å². The van der Waals surface area contributed by atoms with E-state index in [9.17, 15) is 13.6 Å². The fourth-order valence-corrected chi connectivity index (χ4v) is 1.45. The summed E-state index contributed by atoms with van der Waals surface area (Å²) in [5.74, 6) is -2.04. The molecule has 1 aromatic heterocycles. The van der Waals surface area contributed by atoms with E-state index in [1.807, 2.05) is 0 Å². The Hall–Kier alpha value is -2.81. The summed E-state index contributed by atoms with van der Waals surface area (Å²) in [5, 5.41) is 11.2. The zero-order valence-electron chi connectivity index (χ0n) is 9.52. The van der Waals surface area contributed by atoms with Gasteiger partial charge in [-0.15, -0.1) is 0 Å². The largest absolute Gasteiger partial charge is 0.321 e. The SMILES string of the molecule is N#Cc1c(F)cccc1NC(=O)c1ccc(F)nc1.